The van der Waals surface area contributed by atoms with E-state index in [1.165, 1.54) is 5.56 Å². The summed E-state index contributed by atoms with van der Waals surface area (Å²) in [6.07, 6.45) is 2.15. The quantitative estimate of drug-likeness (QED) is 0.921. The van der Waals surface area contributed by atoms with E-state index in [1.807, 2.05) is 30.5 Å². The average molecular weight is 310 g/mol. The van der Waals surface area contributed by atoms with Crippen LogP contribution in [0.15, 0.2) is 41.2 Å². The number of hydrogen-bond acceptors (Lipinski definition) is 2. The number of nitrogens with two attached hydrogens (primary N) is 1. The van der Waals surface area contributed by atoms with E-state index in [9.17, 15) is 4.79 Å². The summed E-state index contributed by atoms with van der Waals surface area (Å²) in [6, 6.07) is 12.8. The molecule has 1 aromatic carbocycles. The van der Waals surface area contributed by atoms with Crippen LogP contribution >= 0.6 is 0 Å². The summed E-state index contributed by atoms with van der Waals surface area (Å²) in [7, 11) is 0. The number of aromatic nitrogens is 1. The molecule has 2 aromatic rings. The Labute approximate surface area is 138 Å². The summed E-state index contributed by atoms with van der Waals surface area (Å²) in [6.45, 7) is 8.15. The molecule has 0 spiro atoms. The van der Waals surface area contributed by atoms with Gasteiger partial charge in [-0.1, -0.05) is 38.1 Å². The van der Waals surface area contributed by atoms with E-state index in [1.54, 1.807) is 0 Å². The fraction of sp³-hybridized carbons (Fsp3) is 0.450. The highest BCUT2D eigenvalue weighted by molar-refractivity contribution is 5.61. The van der Waals surface area contributed by atoms with Crippen molar-refractivity contribution in [2.24, 2.45) is 5.73 Å². The van der Waals surface area contributed by atoms with Crippen LogP contribution in [0.2, 0.25) is 0 Å². The Morgan fingerprint density at radius 1 is 1.09 bits per heavy atom. The van der Waals surface area contributed by atoms with Crippen molar-refractivity contribution in [2.75, 3.05) is 0 Å². The molecule has 3 rings (SSSR count). The number of nitrogens with zero attached hydrogens (tertiary/aromatic N) is 1. The molecule has 1 fully saturated rings. The zero-order valence-corrected chi connectivity index (χ0v) is 14.5. The van der Waals surface area contributed by atoms with E-state index in [2.05, 4.69) is 38.1 Å². The third-order valence-corrected chi connectivity index (χ3v) is 4.60. The predicted octanol–water partition coefficient (Wildman–Crippen LogP) is 4.17. The fourth-order valence-corrected chi connectivity index (χ4v) is 3.01. The highest BCUT2D eigenvalue weighted by atomic mass is 16.1. The van der Waals surface area contributed by atoms with Gasteiger partial charge in [0.2, 0.25) is 0 Å². The van der Waals surface area contributed by atoms with Crippen molar-refractivity contribution in [3.8, 4) is 11.3 Å². The maximum Gasteiger partial charge on any atom is 0.256 e. The lowest BCUT2D eigenvalue weighted by molar-refractivity contribution is 0.535. The Kier molecular flexibility index (Phi) is 3.93. The second kappa shape index (κ2) is 5.64. The minimum absolute atomic E-state index is 0.0606. The summed E-state index contributed by atoms with van der Waals surface area (Å²) < 4.78 is 1.95. The van der Waals surface area contributed by atoms with Gasteiger partial charge in [-0.05, 0) is 55.9 Å². The Morgan fingerprint density at radius 3 is 2.17 bits per heavy atom. The maximum absolute atomic E-state index is 12.9. The third-order valence-electron chi connectivity index (χ3n) is 4.60. The Morgan fingerprint density at radius 2 is 1.70 bits per heavy atom. The molecule has 0 aliphatic heterocycles. The van der Waals surface area contributed by atoms with E-state index in [-0.39, 0.29) is 5.56 Å². The van der Waals surface area contributed by atoms with E-state index in [0.29, 0.717) is 17.5 Å². The van der Waals surface area contributed by atoms with Crippen LogP contribution in [0.3, 0.4) is 0 Å². The number of hydrogen-bond donors (Lipinski definition) is 1. The molecule has 0 unspecified atom stereocenters. The van der Waals surface area contributed by atoms with Crippen LogP contribution in [0.1, 0.15) is 63.6 Å². The lowest BCUT2D eigenvalue weighted by Gasteiger charge is -2.22. The molecule has 3 heteroatoms. The first-order valence-corrected chi connectivity index (χ1v) is 8.44. The van der Waals surface area contributed by atoms with E-state index >= 15 is 0 Å². The van der Waals surface area contributed by atoms with Crippen LogP contribution in [0, 0.1) is 0 Å². The highest BCUT2D eigenvalue weighted by Crippen LogP contribution is 2.37. The molecule has 122 valence electrons. The Hall–Kier alpha value is -1.87. The van der Waals surface area contributed by atoms with Crippen molar-refractivity contribution in [3.63, 3.8) is 0 Å². The van der Waals surface area contributed by atoms with Crippen LogP contribution in [0.25, 0.3) is 11.3 Å². The van der Waals surface area contributed by atoms with E-state index in [4.69, 9.17) is 5.73 Å². The van der Waals surface area contributed by atoms with E-state index < -0.39 is 5.54 Å². The normalized spacial score (nSPS) is 15.2. The minimum Gasteiger partial charge on any atom is -0.322 e. The summed E-state index contributed by atoms with van der Waals surface area (Å²) in [5.74, 6) is 0.509. The predicted molar refractivity (Wildman–Crippen MR) is 95.7 cm³/mol. The second-order valence-corrected chi connectivity index (χ2v) is 7.54. The van der Waals surface area contributed by atoms with Crippen molar-refractivity contribution >= 4 is 0 Å². The molecule has 23 heavy (non-hydrogen) atoms. The SMILES string of the molecule is CC(C)c1ccc(-c2ccc(C(C)(C)N)c(=O)n2C2CC2)cc1. The molecule has 1 heterocycles. The summed E-state index contributed by atoms with van der Waals surface area (Å²) in [4.78, 5) is 12.9. The van der Waals surface area contributed by atoms with Gasteiger partial charge in [-0.2, -0.15) is 0 Å². The van der Waals surface area contributed by atoms with Gasteiger partial charge in [-0.3, -0.25) is 4.79 Å². The van der Waals surface area contributed by atoms with E-state index in [0.717, 1.165) is 24.1 Å². The largest absolute Gasteiger partial charge is 0.322 e. The Bertz CT molecular complexity index is 760. The summed E-state index contributed by atoms with van der Waals surface area (Å²) >= 11 is 0. The maximum atomic E-state index is 12.9. The van der Waals surface area contributed by atoms with Crippen molar-refractivity contribution in [3.05, 3.63) is 57.9 Å². The van der Waals surface area contributed by atoms with Gasteiger partial charge >= 0.3 is 0 Å². The van der Waals surface area contributed by atoms with Gasteiger partial charge in [-0.25, -0.2) is 0 Å². The number of rotatable bonds is 4. The average Bonchev–Trinajstić information content (AvgIpc) is 3.30. The van der Waals surface area contributed by atoms with Gasteiger partial charge in [0.05, 0.1) is 5.69 Å². The Balaban J connectivity index is 2.13. The van der Waals surface area contributed by atoms with Gasteiger partial charge in [0.15, 0.2) is 0 Å². The van der Waals surface area contributed by atoms with Crippen molar-refractivity contribution in [1.82, 2.24) is 4.57 Å². The zero-order valence-electron chi connectivity index (χ0n) is 14.5. The molecular formula is C20H26N2O. The molecule has 1 saturated carbocycles. The molecule has 0 bridgehead atoms. The standard InChI is InChI=1S/C20H26N2O/c1-13(2)14-5-7-15(8-6-14)18-12-11-17(20(3,4)21)19(23)22(18)16-9-10-16/h5-8,11-13,16H,9-10,21H2,1-4H3. The topological polar surface area (TPSA) is 48.0 Å². The van der Waals surface area contributed by atoms with Crippen LogP contribution in [0.5, 0.6) is 0 Å². The van der Waals surface area contributed by atoms with Gasteiger partial charge in [0.25, 0.3) is 5.56 Å². The molecule has 1 aliphatic carbocycles. The first-order chi connectivity index (χ1) is 10.8. The van der Waals surface area contributed by atoms with Crippen molar-refractivity contribution in [2.45, 2.75) is 58.0 Å². The van der Waals surface area contributed by atoms with Gasteiger partial charge in [0.1, 0.15) is 0 Å². The highest BCUT2D eigenvalue weighted by Gasteiger charge is 2.30. The van der Waals surface area contributed by atoms with Crippen LogP contribution in [-0.2, 0) is 5.54 Å². The minimum atomic E-state index is -0.617. The second-order valence-electron chi connectivity index (χ2n) is 7.54. The fourth-order valence-electron chi connectivity index (χ4n) is 3.01. The van der Waals surface area contributed by atoms with Crippen LogP contribution in [0.4, 0.5) is 0 Å². The van der Waals surface area contributed by atoms with Gasteiger partial charge in [-0.15, -0.1) is 0 Å². The number of pyridine rings is 1. The van der Waals surface area contributed by atoms with Crippen molar-refractivity contribution in [1.29, 1.82) is 0 Å². The van der Waals surface area contributed by atoms with Gasteiger partial charge in [0, 0.05) is 17.1 Å². The van der Waals surface area contributed by atoms with Crippen LogP contribution in [-0.4, -0.2) is 4.57 Å². The lowest BCUT2D eigenvalue weighted by atomic mass is 9.95. The first kappa shape index (κ1) is 16.0. The molecule has 0 saturated heterocycles. The van der Waals surface area contributed by atoms with Gasteiger partial charge < -0.3 is 10.3 Å². The zero-order chi connectivity index (χ0) is 16.8. The van der Waals surface area contributed by atoms with Crippen LogP contribution < -0.4 is 11.3 Å². The monoisotopic (exact) mass is 310 g/mol. The first-order valence-electron chi connectivity index (χ1n) is 8.44. The smallest absolute Gasteiger partial charge is 0.256 e. The molecule has 0 radical (unpaired) electrons. The summed E-state index contributed by atoms with van der Waals surface area (Å²) in [5, 5.41) is 0. The molecule has 0 amide bonds. The molecule has 0 atom stereocenters. The molecule has 3 nitrogen and oxygen atoms in total. The molecular weight excluding hydrogens is 284 g/mol. The lowest BCUT2D eigenvalue weighted by Crippen LogP contribution is -2.38. The molecule has 1 aliphatic rings. The van der Waals surface area contributed by atoms with Crippen molar-refractivity contribution < 1.29 is 0 Å². The molecule has 2 N–H and O–H groups in total. The number of benzene rings is 1. The molecule has 1 aromatic heterocycles. The summed E-state index contributed by atoms with van der Waals surface area (Å²) in [5.41, 5.74) is 9.72. The third kappa shape index (κ3) is 3.11.